The van der Waals surface area contributed by atoms with Crippen LogP contribution in [0.5, 0.6) is 5.75 Å². The van der Waals surface area contributed by atoms with Crippen LogP contribution in [0.25, 0.3) is 6.08 Å². The van der Waals surface area contributed by atoms with Gasteiger partial charge in [-0.2, -0.15) is 4.31 Å². The number of amides is 1. The van der Waals surface area contributed by atoms with E-state index >= 15 is 0 Å². The Balaban J connectivity index is 1.66. The van der Waals surface area contributed by atoms with E-state index in [4.69, 9.17) is 4.74 Å². The van der Waals surface area contributed by atoms with Crippen molar-refractivity contribution in [3.05, 3.63) is 65.5 Å². The van der Waals surface area contributed by atoms with Crippen LogP contribution in [-0.2, 0) is 14.8 Å². The van der Waals surface area contributed by atoms with Crippen molar-refractivity contribution in [2.75, 3.05) is 33.3 Å². The van der Waals surface area contributed by atoms with Crippen molar-refractivity contribution >= 4 is 22.0 Å². The summed E-state index contributed by atoms with van der Waals surface area (Å²) >= 11 is 0. The first-order chi connectivity index (χ1) is 14.2. The largest absolute Gasteiger partial charge is 0.497 e. The predicted molar refractivity (Wildman–Crippen MR) is 104 cm³/mol. The molecule has 1 saturated heterocycles. The minimum atomic E-state index is -4.36. The van der Waals surface area contributed by atoms with Gasteiger partial charge in [0.15, 0.2) is 17.5 Å². The number of rotatable bonds is 5. The second-order valence-corrected chi connectivity index (χ2v) is 8.42. The molecule has 1 fully saturated rings. The molecular formula is C20H19F3N2O4S. The fraction of sp³-hybridized carbons (Fsp3) is 0.250. The van der Waals surface area contributed by atoms with E-state index in [1.54, 1.807) is 30.3 Å². The summed E-state index contributed by atoms with van der Waals surface area (Å²) in [6.45, 7) is -0.0450. The van der Waals surface area contributed by atoms with Crippen LogP contribution >= 0.6 is 0 Å². The van der Waals surface area contributed by atoms with E-state index in [9.17, 15) is 26.4 Å². The Morgan fingerprint density at radius 3 is 2.40 bits per heavy atom. The van der Waals surface area contributed by atoms with E-state index in [0.29, 0.717) is 17.9 Å². The van der Waals surface area contributed by atoms with Crippen molar-refractivity contribution in [1.29, 1.82) is 0 Å². The third kappa shape index (κ3) is 4.49. The van der Waals surface area contributed by atoms with Gasteiger partial charge in [0.2, 0.25) is 15.9 Å². The van der Waals surface area contributed by atoms with Crippen LogP contribution in [0.15, 0.2) is 47.4 Å². The molecule has 160 valence electrons. The zero-order valence-electron chi connectivity index (χ0n) is 16.0. The Morgan fingerprint density at radius 1 is 1.03 bits per heavy atom. The number of piperazine rings is 1. The van der Waals surface area contributed by atoms with Crippen molar-refractivity contribution in [2.45, 2.75) is 4.90 Å². The minimum absolute atomic E-state index is 0.0752. The standard InChI is InChI=1S/C20H19F3N2O4S/c1-29-15-4-2-3-14(13-15)5-8-18(26)24-9-11-25(12-10-24)30(27,28)17-7-6-16(21)19(22)20(17)23/h2-8,13H,9-12H2,1H3/b8-5+. The molecule has 1 amide bonds. The fourth-order valence-electron chi connectivity index (χ4n) is 3.01. The number of methoxy groups -OCH3 is 1. The van der Waals surface area contributed by atoms with Gasteiger partial charge in [0, 0.05) is 32.3 Å². The molecule has 6 nitrogen and oxygen atoms in total. The molecule has 10 heteroatoms. The summed E-state index contributed by atoms with van der Waals surface area (Å²) in [5, 5.41) is 0. The summed E-state index contributed by atoms with van der Waals surface area (Å²) in [6, 6.07) is 8.36. The Hall–Kier alpha value is -2.85. The van der Waals surface area contributed by atoms with Crippen LogP contribution in [0.1, 0.15) is 5.56 Å². The molecule has 0 bridgehead atoms. The van der Waals surface area contributed by atoms with Crippen molar-refractivity contribution in [2.24, 2.45) is 0 Å². The Bertz CT molecular complexity index is 1080. The van der Waals surface area contributed by atoms with Gasteiger partial charge in [-0.3, -0.25) is 4.79 Å². The Labute approximate surface area is 172 Å². The number of sulfonamides is 1. The number of halogens is 3. The molecule has 2 aromatic rings. The topological polar surface area (TPSA) is 66.9 Å². The van der Waals surface area contributed by atoms with Crippen LogP contribution in [0.4, 0.5) is 13.2 Å². The monoisotopic (exact) mass is 440 g/mol. The molecule has 0 aromatic heterocycles. The minimum Gasteiger partial charge on any atom is -0.497 e. The van der Waals surface area contributed by atoms with Crippen LogP contribution in [0, 0.1) is 17.5 Å². The molecule has 3 rings (SSSR count). The lowest BCUT2D eigenvalue weighted by Crippen LogP contribution is -2.50. The summed E-state index contributed by atoms with van der Waals surface area (Å²) in [7, 11) is -2.83. The summed E-state index contributed by atoms with van der Waals surface area (Å²) in [6.07, 6.45) is 2.98. The Kier molecular flexibility index (Phi) is 6.47. The number of carbonyl (C=O) groups excluding carboxylic acids is 1. The van der Waals surface area contributed by atoms with Gasteiger partial charge in [-0.15, -0.1) is 0 Å². The highest BCUT2D eigenvalue weighted by molar-refractivity contribution is 7.89. The zero-order valence-corrected chi connectivity index (χ0v) is 16.8. The lowest BCUT2D eigenvalue weighted by molar-refractivity contribution is -0.127. The molecular weight excluding hydrogens is 421 g/mol. The average Bonchev–Trinajstić information content (AvgIpc) is 2.76. The third-order valence-electron chi connectivity index (χ3n) is 4.68. The van der Waals surface area contributed by atoms with Crippen molar-refractivity contribution in [3.8, 4) is 5.75 Å². The smallest absolute Gasteiger partial charge is 0.246 e. The second kappa shape index (κ2) is 8.88. The summed E-state index contributed by atoms with van der Waals surface area (Å²) < 4.78 is 71.7. The molecule has 0 saturated carbocycles. The molecule has 1 aliphatic heterocycles. The van der Waals surface area contributed by atoms with E-state index in [1.807, 2.05) is 0 Å². The van der Waals surface area contributed by atoms with E-state index in [1.165, 1.54) is 18.1 Å². The van der Waals surface area contributed by atoms with Crippen LogP contribution in [-0.4, -0.2) is 56.8 Å². The van der Waals surface area contributed by atoms with Gasteiger partial charge in [-0.1, -0.05) is 12.1 Å². The molecule has 0 aliphatic carbocycles. The fourth-order valence-corrected chi connectivity index (χ4v) is 4.49. The quantitative estimate of drug-likeness (QED) is 0.530. The Morgan fingerprint density at radius 2 is 1.73 bits per heavy atom. The maximum absolute atomic E-state index is 13.9. The lowest BCUT2D eigenvalue weighted by Gasteiger charge is -2.33. The summed E-state index contributed by atoms with van der Waals surface area (Å²) in [5.41, 5.74) is 0.762. The predicted octanol–water partition coefficient (Wildman–Crippen LogP) is 2.66. The van der Waals surface area contributed by atoms with Gasteiger partial charge in [-0.25, -0.2) is 21.6 Å². The number of hydrogen-bond donors (Lipinski definition) is 0. The molecule has 30 heavy (non-hydrogen) atoms. The molecule has 2 aromatic carbocycles. The number of benzene rings is 2. The molecule has 0 N–H and O–H groups in total. The zero-order chi connectivity index (χ0) is 21.9. The van der Waals surface area contributed by atoms with Crippen LogP contribution in [0.2, 0.25) is 0 Å². The second-order valence-electron chi connectivity index (χ2n) is 6.51. The van der Waals surface area contributed by atoms with Crippen LogP contribution < -0.4 is 4.74 Å². The normalized spacial score (nSPS) is 15.5. The highest BCUT2D eigenvalue weighted by Gasteiger charge is 2.33. The first kappa shape index (κ1) is 21.8. The molecule has 1 heterocycles. The number of carbonyl (C=O) groups is 1. The van der Waals surface area contributed by atoms with Gasteiger partial charge in [0.05, 0.1) is 7.11 Å². The first-order valence-electron chi connectivity index (χ1n) is 8.98. The summed E-state index contributed by atoms with van der Waals surface area (Å²) in [5.74, 6) is -4.73. The molecule has 0 radical (unpaired) electrons. The van der Waals surface area contributed by atoms with Crippen molar-refractivity contribution < 1.29 is 31.1 Å². The van der Waals surface area contributed by atoms with Crippen molar-refractivity contribution in [1.82, 2.24) is 9.21 Å². The number of ether oxygens (including phenoxy) is 1. The van der Waals surface area contributed by atoms with Crippen molar-refractivity contribution in [3.63, 3.8) is 0 Å². The first-order valence-corrected chi connectivity index (χ1v) is 10.4. The number of nitrogens with zero attached hydrogens (tertiary/aromatic N) is 2. The van der Waals surface area contributed by atoms with Gasteiger partial charge in [0.25, 0.3) is 0 Å². The lowest BCUT2D eigenvalue weighted by atomic mass is 10.2. The molecule has 0 unspecified atom stereocenters. The van der Waals surface area contributed by atoms with Gasteiger partial charge in [0.1, 0.15) is 10.6 Å². The molecule has 0 atom stereocenters. The highest BCUT2D eigenvalue weighted by Crippen LogP contribution is 2.24. The van der Waals surface area contributed by atoms with E-state index in [-0.39, 0.29) is 32.1 Å². The van der Waals surface area contributed by atoms with Gasteiger partial charge < -0.3 is 9.64 Å². The SMILES string of the molecule is COc1cccc(/C=C/C(=O)N2CCN(S(=O)(=O)c3ccc(F)c(F)c3F)CC2)c1. The van der Waals surface area contributed by atoms with Gasteiger partial charge >= 0.3 is 0 Å². The van der Waals surface area contributed by atoms with E-state index in [0.717, 1.165) is 9.87 Å². The summed E-state index contributed by atoms with van der Waals surface area (Å²) in [4.78, 5) is 12.9. The maximum Gasteiger partial charge on any atom is 0.246 e. The molecule has 0 spiro atoms. The maximum atomic E-state index is 13.9. The van der Waals surface area contributed by atoms with Crippen LogP contribution in [0.3, 0.4) is 0 Å². The van der Waals surface area contributed by atoms with E-state index < -0.39 is 32.4 Å². The third-order valence-corrected chi connectivity index (χ3v) is 6.60. The molecule has 1 aliphatic rings. The van der Waals surface area contributed by atoms with E-state index in [2.05, 4.69) is 0 Å². The number of hydrogen-bond acceptors (Lipinski definition) is 4. The average molecular weight is 440 g/mol. The highest BCUT2D eigenvalue weighted by atomic mass is 32.2. The van der Waals surface area contributed by atoms with Gasteiger partial charge in [-0.05, 0) is 35.9 Å².